The van der Waals surface area contributed by atoms with Crippen LogP contribution in [0.4, 0.5) is 0 Å². The summed E-state index contributed by atoms with van der Waals surface area (Å²) < 4.78 is 0. The molecule has 1 aliphatic rings. The number of benzene rings is 1. The van der Waals surface area contributed by atoms with Gasteiger partial charge in [-0.3, -0.25) is 9.59 Å². The van der Waals surface area contributed by atoms with Gasteiger partial charge in [-0.05, 0) is 25.0 Å². The maximum atomic E-state index is 12.3. The first kappa shape index (κ1) is 17.6. The van der Waals surface area contributed by atoms with Crippen LogP contribution in [0.25, 0.3) is 0 Å². The first-order valence-corrected chi connectivity index (χ1v) is 9.20. The molecule has 0 aliphatic carbocycles. The smallest absolute Gasteiger partial charge is 0.273 e. The number of aromatic nitrogens is 1. The molecule has 1 aromatic heterocycles. The molecule has 2 N–H and O–H groups in total. The van der Waals surface area contributed by atoms with Crippen molar-refractivity contribution in [2.24, 2.45) is 5.92 Å². The summed E-state index contributed by atoms with van der Waals surface area (Å²) in [5.74, 6) is -0.346. The molecule has 0 unspecified atom stereocenters. The number of carbonyl (C=O) groups excluding carboxylic acids is 2. The van der Waals surface area contributed by atoms with Crippen molar-refractivity contribution in [1.82, 2.24) is 15.2 Å². The van der Waals surface area contributed by atoms with E-state index in [0.29, 0.717) is 30.8 Å². The second kappa shape index (κ2) is 7.76. The Kier molecular flexibility index (Phi) is 5.45. The van der Waals surface area contributed by atoms with Crippen LogP contribution in [0.15, 0.2) is 35.2 Å². The summed E-state index contributed by atoms with van der Waals surface area (Å²) in [4.78, 5) is 30.2. The normalized spacial score (nSPS) is 20.3. The number of piperidine rings is 1. The third-order valence-electron chi connectivity index (χ3n) is 4.57. The number of thiazole rings is 1. The number of aryl methyl sites for hydroxylation is 1. The molecule has 0 saturated carbocycles. The van der Waals surface area contributed by atoms with Gasteiger partial charge in [-0.1, -0.05) is 18.2 Å². The standard InChI is InChI=1S/C18H21N3O3S/c1-12-4-2-3-5-14(12)17(23)19-8-13-6-7-21(9-16(13)22)18(24)15-10-25-11-20-15/h2-5,10-11,13,16,22H,6-9H2,1H3,(H,19,23)/t13-,16+/m0/s1. The van der Waals surface area contributed by atoms with E-state index in [2.05, 4.69) is 10.3 Å². The molecule has 0 spiro atoms. The summed E-state index contributed by atoms with van der Waals surface area (Å²) >= 11 is 1.38. The fourth-order valence-corrected chi connectivity index (χ4v) is 3.56. The number of β-amino-alcohol motifs (C(OH)–C–C–N with tert-alkyl or cyclic N) is 1. The Labute approximate surface area is 150 Å². The van der Waals surface area contributed by atoms with Gasteiger partial charge in [0, 0.05) is 36.5 Å². The predicted molar refractivity (Wildman–Crippen MR) is 95.6 cm³/mol. The molecule has 2 aromatic rings. The highest BCUT2D eigenvalue weighted by atomic mass is 32.1. The Morgan fingerprint density at radius 1 is 1.40 bits per heavy atom. The van der Waals surface area contributed by atoms with E-state index in [1.807, 2.05) is 25.1 Å². The first-order valence-electron chi connectivity index (χ1n) is 8.25. The van der Waals surface area contributed by atoms with Crippen LogP contribution in [0, 0.1) is 12.8 Å². The molecule has 132 valence electrons. The molecule has 6 nitrogen and oxygen atoms in total. The zero-order valence-corrected chi connectivity index (χ0v) is 14.8. The fourth-order valence-electron chi connectivity index (χ4n) is 3.03. The van der Waals surface area contributed by atoms with Gasteiger partial charge in [0.05, 0.1) is 11.6 Å². The van der Waals surface area contributed by atoms with Gasteiger partial charge in [0.1, 0.15) is 5.69 Å². The quantitative estimate of drug-likeness (QED) is 0.871. The molecule has 0 radical (unpaired) electrons. The first-order chi connectivity index (χ1) is 12.1. The lowest BCUT2D eigenvalue weighted by molar-refractivity contribution is 0.0195. The van der Waals surface area contributed by atoms with E-state index in [4.69, 9.17) is 0 Å². The Morgan fingerprint density at radius 3 is 2.88 bits per heavy atom. The molecule has 2 atom stereocenters. The molecule has 0 bridgehead atoms. The van der Waals surface area contributed by atoms with E-state index < -0.39 is 6.10 Å². The van der Waals surface area contributed by atoms with E-state index in [9.17, 15) is 14.7 Å². The van der Waals surface area contributed by atoms with Crippen molar-refractivity contribution in [1.29, 1.82) is 0 Å². The minimum atomic E-state index is -0.659. The molecule has 1 fully saturated rings. The minimum Gasteiger partial charge on any atom is -0.391 e. The van der Waals surface area contributed by atoms with Gasteiger partial charge in [0.15, 0.2) is 0 Å². The van der Waals surface area contributed by atoms with Crippen molar-refractivity contribution in [3.05, 3.63) is 52.0 Å². The summed E-state index contributed by atoms with van der Waals surface area (Å²) in [6.45, 7) is 3.11. The number of aliphatic hydroxyl groups excluding tert-OH is 1. The van der Waals surface area contributed by atoms with Crippen molar-refractivity contribution < 1.29 is 14.7 Å². The number of hydrogen-bond donors (Lipinski definition) is 2. The van der Waals surface area contributed by atoms with Crippen molar-refractivity contribution in [2.75, 3.05) is 19.6 Å². The van der Waals surface area contributed by atoms with Gasteiger partial charge in [-0.25, -0.2) is 4.98 Å². The van der Waals surface area contributed by atoms with Gasteiger partial charge in [0.2, 0.25) is 0 Å². The highest BCUT2D eigenvalue weighted by Crippen LogP contribution is 2.19. The van der Waals surface area contributed by atoms with Crippen LogP contribution in [0.5, 0.6) is 0 Å². The number of carbonyl (C=O) groups is 2. The average Bonchev–Trinajstić information content (AvgIpc) is 3.14. The van der Waals surface area contributed by atoms with Crippen molar-refractivity contribution >= 4 is 23.2 Å². The predicted octanol–water partition coefficient (Wildman–Crippen LogP) is 1.70. The highest BCUT2D eigenvalue weighted by Gasteiger charge is 2.31. The maximum Gasteiger partial charge on any atom is 0.273 e. The number of rotatable bonds is 4. The second-order valence-electron chi connectivity index (χ2n) is 6.27. The number of aliphatic hydroxyl groups is 1. The lowest BCUT2D eigenvalue weighted by atomic mass is 9.93. The number of amides is 2. The lowest BCUT2D eigenvalue weighted by Gasteiger charge is -2.35. The van der Waals surface area contributed by atoms with Gasteiger partial charge in [-0.2, -0.15) is 0 Å². The number of nitrogens with one attached hydrogen (secondary N) is 1. The van der Waals surface area contributed by atoms with Crippen LogP contribution in [-0.4, -0.2) is 52.5 Å². The van der Waals surface area contributed by atoms with Gasteiger partial charge < -0.3 is 15.3 Å². The zero-order chi connectivity index (χ0) is 17.8. The van der Waals surface area contributed by atoms with Crippen molar-refractivity contribution in [3.63, 3.8) is 0 Å². The lowest BCUT2D eigenvalue weighted by Crippen LogP contribution is -2.49. The van der Waals surface area contributed by atoms with E-state index in [1.54, 1.807) is 21.9 Å². The monoisotopic (exact) mass is 359 g/mol. The van der Waals surface area contributed by atoms with Crippen LogP contribution >= 0.6 is 11.3 Å². The number of likely N-dealkylation sites (tertiary alicyclic amines) is 1. The molecule has 1 aliphatic heterocycles. The molecule has 1 saturated heterocycles. The Hall–Kier alpha value is -2.25. The molecule has 2 heterocycles. The molecular weight excluding hydrogens is 338 g/mol. The van der Waals surface area contributed by atoms with Gasteiger partial charge in [-0.15, -0.1) is 11.3 Å². The number of nitrogens with zero attached hydrogens (tertiary/aromatic N) is 2. The molecule has 3 rings (SSSR count). The molecular formula is C18H21N3O3S. The van der Waals surface area contributed by atoms with E-state index in [0.717, 1.165) is 5.56 Å². The Morgan fingerprint density at radius 2 is 2.20 bits per heavy atom. The Bertz CT molecular complexity index is 748. The largest absolute Gasteiger partial charge is 0.391 e. The maximum absolute atomic E-state index is 12.3. The average molecular weight is 359 g/mol. The van der Waals surface area contributed by atoms with Crippen molar-refractivity contribution in [3.8, 4) is 0 Å². The summed E-state index contributed by atoms with van der Waals surface area (Å²) in [7, 11) is 0. The van der Waals surface area contributed by atoms with Crippen molar-refractivity contribution in [2.45, 2.75) is 19.4 Å². The summed E-state index contributed by atoms with van der Waals surface area (Å²) in [6.07, 6.45) is -0.0148. The van der Waals surface area contributed by atoms with E-state index in [-0.39, 0.29) is 24.3 Å². The molecule has 1 aromatic carbocycles. The summed E-state index contributed by atoms with van der Waals surface area (Å²) in [5.41, 5.74) is 3.61. The van der Waals surface area contributed by atoms with E-state index >= 15 is 0 Å². The van der Waals surface area contributed by atoms with Gasteiger partial charge in [0.25, 0.3) is 11.8 Å². The molecule has 7 heteroatoms. The third kappa shape index (κ3) is 4.05. The van der Waals surface area contributed by atoms with Gasteiger partial charge >= 0.3 is 0 Å². The summed E-state index contributed by atoms with van der Waals surface area (Å²) in [6, 6.07) is 7.41. The highest BCUT2D eigenvalue weighted by molar-refractivity contribution is 7.07. The zero-order valence-electron chi connectivity index (χ0n) is 14.0. The summed E-state index contributed by atoms with van der Waals surface area (Å²) in [5, 5.41) is 15.0. The van der Waals surface area contributed by atoms with Crippen LogP contribution in [0.1, 0.15) is 32.8 Å². The SMILES string of the molecule is Cc1ccccc1C(=O)NC[C@@H]1CCN(C(=O)c2cscn2)C[C@H]1O. The minimum absolute atomic E-state index is 0.0625. The topological polar surface area (TPSA) is 82.5 Å². The Balaban J connectivity index is 1.53. The third-order valence-corrected chi connectivity index (χ3v) is 5.16. The van der Waals surface area contributed by atoms with Crippen LogP contribution in [0.2, 0.25) is 0 Å². The second-order valence-corrected chi connectivity index (χ2v) is 6.98. The van der Waals surface area contributed by atoms with Crippen LogP contribution in [-0.2, 0) is 0 Å². The molecule has 2 amide bonds. The fraction of sp³-hybridized carbons (Fsp3) is 0.389. The van der Waals surface area contributed by atoms with Crippen LogP contribution < -0.4 is 5.32 Å². The number of hydrogen-bond acceptors (Lipinski definition) is 5. The van der Waals surface area contributed by atoms with Crippen LogP contribution in [0.3, 0.4) is 0 Å². The van der Waals surface area contributed by atoms with E-state index in [1.165, 1.54) is 11.3 Å². The molecule has 25 heavy (non-hydrogen) atoms.